The zero-order valence-electron chi connectivity index (χ0n) is 9.06. The fourth-order valence-electron chi connectivity index (χ4n) is 2.19. The number of methoxy groups -OCH3 is 1. The number of carbonyl (C=O) groups excluding carboxylic acids is 1. The number of aldehydes is 1. The van der Waals surface area contributed by atoms with Gasteiger partial charge in [0.25, 0.3) is 0 Å². The number of benzene rings is 1. The molecule has 0 aromatic heterocycles. The van der Waals surface area contributed by atoms with Crippen LogP contribution in [0.4, 0.5) is 0 Å². The average molecular weight is 203 g/mol. The number of hydrogen-bond donors (Lipinski definition) is 0. The monoisotopic (exact) mass is 203 g/mol. The van der Waals surface area contributed by atoms with Crippen molar-refractivity contribution in [3.63, 3.8) is 0 Å². The van der Waals surface area contributed by atoms with Crippen molar-refractivity contribution in [3.8, 4) is 5.75 Å². The molecule has 0 N–H and O–H groups in total. The first-order valence-electron chi connectivity index (χ1n) is 5.07. The first kappa shape index (κ1) is 10.2. The van der Waals surface area contributed by atoms with E-state index in [0.29, 0.717) is 6.42 Å². The Morgan fingerprint density at radius 1 is 1.67 bits per heavy atom. The molecule has 1 aromatic carbocycles. The molecule has 1 heterocycles. The lowest BCUT2D eigenvalue weighted by Crippen LogP contribution is -2.18. The van der Waals surface area contributed by atoms with Crippen molar-refractivity contribution in [2.24, 2.45) is 0 Å². The first-order chi connectivity index (χ1) is 7.26. The zero-order valence-corrected chi connectivity index (χ0v) is 9.06. The van der Waals surface area contributed by atoms with E-state index in [2.05, 4.69) is 16.9 Å². The molecule has 1 aliphatic rings. The van der Waals surface area contributed by atoms with Gasteiger partial charge in [0.15, 0.2) is 7.98 Å². The summed E-state index contributed by atoms with van der Waals surface area (Å²) in [4.78, 5) is 12.8. The maximum Gasteiger partial charge on any atom is 0.186 e. The van der Waals surface area contributed by atoms with Crippen LogP contribution in [0.5, 0.6) is 5.75 Å². The normalized spacial score (nSPS) is 19.9. The van der Waals surface area contributed by atoms with Crippen LogP contribution in [0.25, 0.3) is 0 Å². The van der Waals surface area contributed by atoms with Crippen LogP contribution in [0.2, 0.25) is 0 Å². The number of carbonyl (C=O) groups is 1. The van der Waals surface area contributed by atoms with Gasteiger partial charge in [0.2, 0.25) is 0 Å². The minimum Gasteiger partial charge on any atom is -0.497 e. The van der Waals surface area contributed by atoms with Gasteiger partial charge in [-0.15, -0.1) is 0 Å². The second-order valence-corrected chi connectivity index (χ2v) is 3.90. The molecule has 15 heavy (non-hydrogen) atoms. The summed E-state index contributed by atoms with van der Waals surface area (Å²) in [7, 11) is 3.71. The number of fused-ring (bicyclic) bond motifs is 1. The largest absolute Gasteiger partial charge is 0.497 e. The molecule has 78 valence electrons. The van der Waals surface area contributed by atoms with Crippen LogP contribution >= 0.6 is 0 Å². The topological polar surface area (TPSA) is 29.5 Å². The maximum absolute atomic E-state index is 10.6. The Labute approximate surface area is 90.5 Å². The van der Waals surface area contributed by atoms with Gasteiger partial charge in [-0.05, 0) is 23.3 Å². The standard InChI is InChI=1S/C11H14BNO2/c1-15-9-2-3-10-8(6-9)7-13(12)11(10)4-5-14/h2-3,5-6,11H,4,7,12H2,1H3. The number of hydrogen-bond acceptors (Lipinski definition) is 3. The third-order valence-corrected chi connectivity index (χ3v) is 2.98. The molecular weight excluding hydrogens is 189 g/mol. The van der Waals surface area contributed by atoms with E-state index in [1.807, 2.05) is 14.0 Å². The highest BCUT2D eigenvalue weighted by Crippen LogP contribution is 2.35. The summed E-state index contributed by atoms with van der Waals surface area (Å²) in [6.07, 6.45) is 1.55. The lowest BCUT2D eigenvalue weighted by molar-refractivity contribution is -0.108. The van der Waals surface area contributed by atoms with E-state index >= 15 is 0 Å². The third kappa shape index (κ3) is 1.77. The van der Waals surface area contributed by atoms with Crippen LogP contribution in [0.3, 0.4) is 0 Å². The van der Waals surface area contributed by atoms with Gasteiger partial charge < -0.3 is 14.3 Å². The molecule has 0 amide bonds. The highest BCUT2D eigenvalue weighted by Gasteiger charge is 2.26. The fourth-order valence-corrected chi connectivity index (χ4v) is 2.19. The number of rotatable bonds is 3. The summed E-state index contributed by atoms with van der Waals surface area (Å²) < 4.78 is 5.18. The van der Waals surface area contributed by atoms with Gasteiger partial charge in [-0.3, -0.25) is 0 Å². The van der Waals surface area contributed by atoms with Crippen LogP contribution < -0.4 is 4.74 Å². The van der Waals surface area contributed by atoms with Crippen molar-refractivity contribution in [3.05, 3.63) is 29.3 Å². The molecule has 1 atom stereocenters. The molecule has 4 heteroatoms. The van der Waals surface area contributed by atoms with Crippen molar-refractivity contribution in [1.82, 2.24) is 4.81 Å². The summed E-state index contributed by atoms with van der Waals surface area (Å²) in [5.41, 5.74) is 2.52. The van der Waals surface area contributed by atoms with E-state index in [0.717, 1.165) is 18.6 Å². The Balaban J connectivity index is 2.34. The Hall–Kier alpha value is -1.29. The minimum absolute atomic E-state index is 0.239. The zero-order chi connectivity index (χ0) is 10.8. The summed E-state index contributed by atoms with van der Waals surface area (Å²) in [5.74, 6) is 0.883. The molecule has 0 saturated heterocycles. The van der Waals surface area contributed by atoms with Crippen LogP contribution in [-0.2, 0) is 11.3 Å². The van der Waals surface area contributed by atoms with Crippen molar-refractivity contribution in [2.45, 2.75) is 19.0 Å². The van der Waals surface area contributed by atoms with Crippen molar-refractivity contribution in [1.29, 1.82) is 0 Å². The van der Waals surface area contributed by atoms with E-state index < -0.39 is 0 Å². The van der Waals surface area contributed by atoms with Crippen molar-refractivity contribution < 1.29 is 9.53 Å². The molecule has 1 aromatic rings. The van der Waals surface area contributed by atoms with Gasteiger partial charge in [-0.1, -0.05) is 6.07 Å². The predicted molar refractivity (Wildman–Crippen MR) is 60.5 cm³/mol. The fraction of sp³-hybridized carbons (Fsp3) is 0.364. The van der Waals surface area contributed by atoms with E-state index in [-0.39, 0.29) is 6.04 Å². The highest BCUT2D eigenvalue weighted by molar-refractivity contribution is 6.05. The number of nitrogens with zero attached hydrogens (tertiary/aromatic N) is 1. The summed E-state index contributed by atoms with van der Waals surface area (Å²) in [6.45, 7) is 0.894. The number of ether oxygens (including phenoxy) is 1. The molecule has 0 aliphatic carbocycles. The molecule has 0 bridgehead atoms. The Morgan fingerprint density at radius 3 is 3.13 bits per heavy atom. The highest BCUT2D eigenvalue weighted by atomic mass is 16.5. The molecule has 1 unspecified atom stereocenters. The second kappa shape index (κ2) is 4.07. The van der Waals surface area contributed by atoms with Crippen molar-refractivity contribution in [2.75, 3.05) is 7.11 Å². The Kier molecular flexibility index (Phi) is 2.78. The first-order valence-corrected chi connectivity index (χ1v) is 5.07. The van der Waals surface area contributed by atoms with Crippen LogP contribution in [0, 0.1) is 0 Å². The van der Waals surface area contributed by atoms with Crippen molar-refractivity contribution >= 4 is 14.3 Å². The SMILES string of the molecule is BN1Cc2cc(OC)ccc2C1CC=O. The van der Waals surface area contributed by atoms with Gasteiger partial charge in [0.1, 0.15) is 12.0 Å². The second-order valence-electron chi connectivity index (χ2n) is 3.90. The van der Waals surface area contributed by atoms with E-state index in [4.69, 9.17) is 4.74 Å². The van der Waals surface area contributed by atoms with Crippen LogP contribution in [0.15, 0.2) is 18.2 Å². The van der Waals surface area contributed by atoms with Gasteiger partial charge in [-0.25, -0.2) is 0 Å². The molecule has 0 radical (unpaired) electrons. The van der Waals surface area contributed by atoms with Gasteiger partial charge >= 0.3 is 0 Å². The van der Waals surface area contributed by atoms with Crippen LogP contribution in [-0.4, -0.2) is 26.2 Å². The lowest BCUT2D eigenvalue weighted by Gasteiger charge is -2.17. The van der Waals surface area contributed by atoms with E-state index in [1.165, 1.54) is 11.1 Å². The lowest BCUT2D eigenvalue weighted by atomic mass is 10.0. The predicted octanol–water partition coefficient (Wildman–Crippen LogP) is 0.689. The van der Waals surface area contributed by atoms with Gasteiger partial charge in [0, 0.05) is 19.0 Å². The quantitative estimate of drug-likeness (QED) is 0.534. The molecule has 2 rings (SSSR count). The van der Waals surface area contributed by atoms with Crippen LogP contribution in [0.1, 0.15) is 23.6 Å². The van der Waals surface area contributed by atoms with Gasteiger partial charge in [-0.2, -0.15) is 0 Å². The summed E-state index contributed by atoms with van der Waals surface area (Å²) in [6, 6.07) is 6.31. The molecular formula is C11H14BNO2. The summed E-state index contributed by atoms with van der Waals surface area (Å²) >= 11 is 0. The molecule has 1 aliphatic heterocycles. The summed E-state index contributed by atoms with van der Waals surface area (Å²) in [5, 5.41) is 0. The average Bonchev–Trinajstić information content (AvgIpc) is 2.55. The molecule has 0 fully saturated rings. The third-order valence-electron chi connectivity index (χ3n) is 2.98. The minimum atomic E-state index is 0.239. The van der Waals surface area contributed by atoms with Gasteiger partial charge in [0.05, 0.1) is 7.11 Å². The maximum atomic E-state index is 10.6. The van der Waals surface area contributed by atoms with E-state index in [1.54, 1.807) is 7.11 Å². The molecule has 0 saturated carbocycles. The van der Waals surface area contributed by atoms with E-state index in [9.17, 15) is 4.79 Å². The Morgan fingerprint density at radius 2 is 2.47 bits per heavy atom. The smallest absolute Gasteiger partial charge is 0.186 e. The Bertz CT molecular complexity index is 381. The molecule has 3 nitrogen and oxygen atoms in total. The molecule has 0 spiro atoms.